The second-order valence-corrected chi connectivity index (χ2v) is 21.7. The van der Waals surface area contributed by atoms with Gasteiger partial charge in [-0.05, 0) is 77.0 Å². The Morgan fingerprint density at radius 2 is 0.500 bits per heavy atom. The van der Waals surface area contributed by atoms with E-state index in [0.717, 1.165) is 64.2 Å². The number of carbonyl (C=O) groups excluding carboxylic acids is 3. The van der Waals surface area contributed by atoms with Crippen LogP contribution in [0, 0.1) is 0 Å². The Balaban J connectivity index is 4.22. The van der Waals surface area contributed by atoms with Gasteiger partial charge in [-0.1, -0.05) is 288 Å². The van der Waals surface area contributed by atoms with E-state index in [1.165, 1.54) is 244 Å². The van der Waals surface area contributed by atoms with Crippen LogP contribution in [0.3, 0.4) is 0 Å². The number of allylic oxidation sites excluding steroid dienone is 6. The van der Waals surface area contributed by atoms with Crippen LogP contribution in [-0.4, -0.2) is 37.2 Å². The van der Waals surface area contributed by atoms with Gasteiger partial charge in [0.25, 0.3) is 0 Å². The van der Waals surface area contributed by atoms with Gasteiger partial charge in [0.05, 0.1) is 0 Å². The van der Waals surface area contributed by atoms with Gasteiger partial charge in [-0.15, -0.1) is 0 Å². The molecule has 0 bridgehead atoms. The van der Waals surface area contributed by atoms with Gasteiger partial charge in [-0.2, -0.15) is 0 Å². The first-order chi connectivity index (χ1) is 35.5. The summed E-state index contributed by atoms with van der Waals surface area (Å²) in [6, 6.07) is 0. The minimum absolute atomic E-state index is 0.0701. The van der Waals surface area contributed by atoms with Gasteiger partial charge in [0.15, 0.2) is 6.10 Å². The monoisotopic (exact) mass is 1010 g/mol. The molecule has 0 radical (unpaired) electrons. The SMILES string of the molecule is CCCCCCC/C=C\C/C=C\CCCCCCCCCCCC(=O)OC(COC(=O)CCCCCCCCCCCC)COC(=O)CCCCCCCCCCCCC/C=C\CCCCCCCCCC. The maximum Gasteiger partial charge on any atom is 0.306 e. The van der Waals surface area contributed by atoms with E-state index < -0.39 is 6.10 Å². The van der Waals surface area contributed by atoms with E-state index in [1.807, 2.05) is 0 Å². The predicted molar refractivity (Wildman–Crippen MR) is 312 cm³/mol. The summed E-state index contributed by atoms with van der Waals surface area (Å²) in [6.07, 6.45) is 74.4. The molecule has 1 atom stereocenters. The normalized spacial score (nSPS) is 12.2. The van der Waals surface area contributed by atoms with Crippen molar-refractivity contribution in [3.63, 3.8) is 0 Å². The topological polar surface area (TPSA) is 78.9 Å². The van der Waals surface area contributed by atoms with Crippen molar-refractivity contribution in [1.29, 1.82) is 0 Å². The molecule has 0 amide bonds. The van der Waals surface area contributed by atoms with Gasteiger partial charge in [0.2, 0.25) is 0 Å². The Bertz CT molecular complexity index is 1210. The summed E-state index contributed by atoms with van der Waals surface area (Å²) >= 11 is 0. The van der Waals surface area contributed by atoms with Crippen LogP contribution in [-0.2, 0) is 28.6 Å². The van der Waals surface area contributed by atoms with E-state index in [1.54, 1.807) is 0 Å². The van der Waals surface area contributed by atoms with E-state index in [9.17, 15) is 14.4 Å². The van der Waals surface area contributed by atoms with Crippen molar-refractivity contribution in [3.8, 4) is 0 Å². The van der Waals surface area contributed by atoms with E-state index in [0.29, 0.717) is 19.3 Å². The summed E-state index contributed by atoms with van der Waals surface area (Å²) < 4.78 is 16.9. The smallest absolute Gasteiger partial charge is 0.306 e. The highest BCUT2D eigenvalue weighted by Crippen LogP contribution is 2.17. The zero-order valence-electron chi connectivity index (χ0n) is 48.5. The third-order valence-corrected chi connectivity index (χ3v) is 14.4. The summed E-state index contributed by atoms with van der Waals surface area (Å²) in [5.74, 6) is -0.856. The molecule has 72 heavy (non-hydrogen) atoms. The lowest BCUT2D eigenvalue weighted by Gasteiger charge is -2.18. The molecule has 0 heterocycles. The molecule has 6 nitrogen and oxygen atoms in total. The lowest BCUT2D eigenvalue weighted by Crippen LogP contribution is -2.30. The van der Waals surface area contributed by atoms with E-state index in [2.05, 4.69) is 57.2 Å². The molecule has 0 N–H and O–H groups in total. The van der Waals surface area contributed by atoms with Crippen LogP contribution >= 0.6 is 0 Å². The number of hydrogen-bond donors (Lipinski definition) is 0. The van der Waals surface area contributed by atoms with Crippen molar-refractivity contribution in [2.75, 3.05) is 13.2 Å². The van der Waals surface area contributed by atoms with Crippen molar-refractivity contribution in [3.05, 3.63) is 36.5 Å². The molecule has 0 aliphatic rings. The molecule has 1 unspecified atom stereocenters. The zero-order valence-corrected chi connectivity index (χ0v) is 48.5. The summed E-state index contributed by atoms with van der Waals surface area (Å²) in [7, 11) is 0. The Morgan fingerprint density at radius 1 is 0.278 bits per heavy atom. The van der Waals surface area contributed by atoms with Crippen LogP contribution in [0.1, 0.15) is 348 Å². The molecule has 0 aromatic heterocycles. The third-order valence-electron chi connectivity index (χ3n) is 14.4. The second kappa shape index (κ2) is 61.2. The molecular formula is C66H122O6. The van der Waals surface area contributed by atoms with Crippen LogP contribution in [0.2, 0.25) is 0 Å². The minimum Gasteiger partial charge on any atom is -0.462 e. The van der Waals surface area contributed by atoms with Crippen LogP contribution in [0.5, 0.6) is 0 Å². The Labute approximate surface area is 448 Å². The van der Waals surface area contributed by atoms with E-state index >= 15 is 0 Å². The number of ether oxygens (including phenoxy) is 3. The summed E-state index contributed by atoms with van der Waals surface area (Å²) in [4.78, 5) is 38.2. The van der Waals surface area contributed by atoms with Crippen molar-refractivity contribution in [1.82, 2.24) is 0 Å². The van der Waals surface area contributed by atoms with Crippen molar-refractivity contribution >= 4 is 17.9 Å². The molecule has 0 aliphatic carbocycles. The molecule has 0 saturated carbocycles. The first kappa shape index (κ1) is 69.6. The molecule has 0 spiro atoms. The first-order valence-corrected chi connectivity index (χ1v) is 32.0. The highest BCUT2D eigenvalue weighted by molar-refractivity contribution is 5.71. The van der Waals surface area contributed by atoms with Gasteiger partial charge < -0.3 is 14.2 Å². The molecule has 0 aliphatic heterocycles. The predicted octanol–water partition coefficient (Wildman–Crippen LogP) is 21.6. The lowest BCUT2D eigenvalue weighted by molar-refractivity contribution is -0.167. The third kappa shape index (κ3) is 58.5. The Kier molecular flexibility index (Phi) is 59.2. The van der Waals surface area contributed by atoms with Gasteiger partial charge in [0.1, 0.15) is 13.2 Å². The van der Waals surface area contributed by atoms with Crippen molar-refractivity contribution < 1.29 is 28.6 Å². The minimum atomic E-state index is -0.772. The average Bonchev–Trinajstić information content (AvgIpc) is 3.38. The maximum atomic E-state index is 12.9. The van der Waals surface area contributed by atoms with Crippen LogP contribution in [0.15, 0.2) is 36.5 Å². The summed E-state index contributed by atoms with van der Waals surface area (Å²) in [5, 5.41) is 0. The molecule has 0 fully saturated rings. The molecular weight excluding hydrogens is 889 g/mol. The van der Waals surface area contributed by atoms with E-state index in [-0.39, 0.29) is 31.1 Å². The second-order valence-electron chi connectivity index (χ2n) is 21.7. The van der Waals surface area contributed by atoms with Crippen LogP contribution < -0.4 is 0 Å². The molecule has 6 heteroatoms. The average molecular weight is 1010 g/mol. The lowest BCUT2D eigenvalue weighted by atomic mass is 10.0. The van der Waals surface area contributed by atoms with Crippen molar-refractivity contribution in [2.45, 2.75) is 354 Å². The molecule has 0 aromatic rings. The fourth-order valence-electron chi connectivity index (χ4n) is 9.53. The highest BCUT2D eigenvalue weighted by Gasteiger charge is 2.19. The fraction of sp³-hybridized carbons (Fsp3) is 0.864. The van der Waals surface area contributed by atoms with Crippen molar-refractivity contribution in [2.24, 2.45) is 0 Å². The summed E-state index contributed by atoms with van der Waals surface area (Å²) in [6.45, 7) is 6.67. The van der Waals surface area contributed by atoms with Crippen LogP contribution in [0.4, 0.5) is 0 Å². The van der Waals surface area contributed by atoms with Gasteiger partial charge >= 0.3 is 17.9 Å². The highest BCUT2D eigenvalue weighted by atomic mass is 16.6. The number of hydrogen-bond acceptors (Lipinski definition) is 6. The fourth-order valence-corrected chi connectivity index (χ4v) is 9.53. The van der Waals surface area contributed by atoms with Gasteiger partial charge in [-0.25, -0.2) is 0 Å². The number of rotatable bonds is 59. The van der Waals surface area contributed by atoms with Gasteiger partial charge in [0, 0.05) is 19.3 Å². The quantitative estimate of drug-likeness (QED) is 0.0261. The van der Waals surface area contributed by atoms with Gasteiger partial charge in [-0.3, -0.25) is 14.4 Å². The van der Waals surface area contributed by atoms with E-state index in [4.69, 9.17) is 14.2 Å². The number of unbranched alkanes of at least 4 members (excludes halogenated alkanes) is 42. The molecule has 422 valence electrons. The molecule has 0 rings (SSSR count). The Hall–Kier alpha value is -2.37. The maximum absolute atomic E-state index is 12.9. The summed E-state index contributed by atoms with van der Waals surface area (Å²) in [5.41, 5.74) is 0. The first-order valence-electron chi connectivity index (χ1n) is 32.0. The molecule has 0 aromatic carbocycles. The van der Waals surface area contributed by atoms with Crippen LogP contribution in [0.25, 0.3) is 0 Å². The number of esters is 3. The standard InChI is InChI=1S/C66H122O6/c1-4-7-10-13-16-19-22-24-26-28-30-32-33-35-36-38-40-42-44-47-50-53-56-59-65(68)71-62-63(61-70-64(67)58-55-52-49-46-21-18-15-12-9-6-3)72-66(69)60-57-54-51-48-45-43-41-39-37-34-31-29-27-25-23-20-17-14-11-8-5-2/h23,25,28-31,63H,4-22,24,26-27,32-62H2,1-3H3/b25-23-,30-28-,31-29-. The molecule has 0 saturated heterocycles. The Morgan fingerprint density at radius 3 is 0.778 bits per heavy atom. The number of carbonyl (C=O) groups is 3. The zero-order chi connectivity index (χ0) is 52.2. The largest absolute Gasteiger partial charge is 0.462 e.